The second-order valence-corrected chi connectivity index (χ2v) is 7.74. The number of nitrogens with two attached hydrogens (primary N) is 1. The number of alkyl halides is 6. The van der Waals surface area contributed by atoms with Gasteiger partial charge in [-0.15, -0.1) is 0 Å². The Kier molecular flexibility index (Phi) is 16.2. The number of hydrogen-bond donors (Lipinski definition) is 1. The van der Waals surface area contributed by atoms with Crippen LogP contribution in [0.5, 0.6) is 11.5 Å². The van der Waals surface area contributed by atoms with Crippen molar-refractivity contribution in [1.29, 1.82) is 5.26 Å². The van der Waals surface area contributed by atoms with E-state index in [4.69, 9.17) is 20.5 Å². The lowest BCUT2D eigenvalue weighted by atomic mass is 10.1. The lowest BCUT2D eigenvalue weighted by molar-refractivity contribution is -0.139. The molecule has 4 nitrogen and oxygen atoms in total. The van der Waals surface area contributed by atoms with Crippen molar-refractivity contribution in [1.82, 2.24) is 0 Å². The number of ether oxygens (including phenoxy) is 2. The lowest BCUT2D eigenvalue weighted by Gasteiger charge is -2.21. The molecule has 0 saturated carbocycles. The zero-order valence-corrected chi connectivity index (χ0v) is 22.6. The second-order valence-electron chi connectivity index (χ2n) is 7.74. The van der Waals surface area contributed by atoms with Gasteiger partial charge in [0.25, 0.3) is 0 Å². The summed E-state index contributed by atoms with van der Waals surface area (Å²) in [4.78, 5) is 0. The van der Waals surface area contributed by atoms with Gasteiger partial charge in [0.15, 0.2) is 0 Å². The van der Waals surface area contributed by atoms with Crippen molar-refractivity contribution in [3.8, 4) is 17.6 Å². The molecule has 0 aliphatic carbocycles. The van der Waals surface area contributed by atoms with E-state index in [1.807, 2.05) is 34.6 Å². The SMILES string of the molecule is CC.CC.CCCCCCC(COc1ccc(CN)c(C(F)(F)F)c1)Oc1ccc(C#N)c(C(F)(F)F)c1. The van der Waals surface area contributed by atoms with Gasteiger partial charge in [-0.05, 0) is 48.7 Å². The van der Waals surface area contributed by atoms with Crippen LogP contribution in [-0.2, 0) is 18.9 Å². The van der Waals surface area contributed by atoms with Gasteiger partial charge in [-0.25, -0.2) is 0 Å². The maximum atomic E-state index is 13.3. The van der Waals surface area contributed by atoms with Crippen LogP contribution in [0.1, 0.15) is 89.0 Å². The maximum absolute atomic E-state index is 13.3. The smallest absolute Gasteiger partial charge is 0.417 e. The van der Waals surface area contributed by atoms with Crippen LogP contribution < -0.4 is 15.2 Å². The summed E-state index contributed by atoms with van der Waals surface area (Å²) in [5.74, 6) is -0.160. The summed E-state index contributed by atoms with van der Waals surface area (Å²) in [5, 5.41) is 8.95. The van der Waals surface area contributed by atoms with Gasteiger partial charge in [-0.2, -0.15) is 31.6 Å². The second kappa shape index (κ2) is 17.6. The fraction of sp³-hybridized carbons (Fsp3) is 0.536. The number of unbranched alkanes of at least 4 members (excludes halogenated alkanes) is 3. The zero-order valence-electron chi connectivity index (χ0n) is 22.6. The van der Waals surface area contributed by atoms with Crippen LogP contribution >= 0.6 is 0 Å². The summed E-state index contributed by atoms with van der Waals surface area (Å²) in [7, 11) is 0. The Morgan fingerprint density at radius 1 is 0.842 bits per heavy atom. The van der Waals surface area contributed by atoms with E-state index in [1.165, 1.54) is 24.3 Å². The summed E-state index contributed by atoms with van der Waals surface area (Å²) in [6.07, 6.45) is -6.15. The molecule has 0 heterocycles. The van der Waals surface area contributed by atoms with Crippen LogP contribution in [0.3, 0.4) is 0 Å². The molecule has 1 atom stereocenters. The number of nitrogens with zero attached hydrogens (tertiary/aromatic N) is 1. The topological polar surface area (TPSA) is 68.3 Å². The van der Waals surface area contributed by atoms with Crippen LogP contribution in [0.25, 0.3) is 0 Å². The molecule has 0 aliphatic rings. The lowest BCUT2D eigenvalue weighted by Crippen LogP contribution is -2.25. The van der Waals surface area contributed by atoms with E-state index in [1.54, 1.807) is 0 Å². The van der Waals surface area contributed by atoms with Gasteiger partial charge in [-0.1, -0.05) is 59.9 Å². The molecule has 10 heteroatoms. The van der Waals surface area contributed by atoms with Gasteiger partial charge in [0.1, 0.15) is 24.2 Å². The van der Waals surface area contributed by atoms with E-state index in [-0.39, 0.29) is 30.2 Å². The molecule has 214 valence electrons. The minimum Gasteiger partial charge on any atom is -0.490 e. The molecule has 0 aromatic heterocycles. The summed E-state index contributed by atoms with van der Waals surface area (Å²) in [6, 6.07) is 7.96. The first kappa shape index (κ1) is 35.1. The van der Waals surface area contributed by atoms with E-state index in [0.717, 1.165) is 37.5 Å². The molecule has 1 unspecified atom stereocenters. The number of rotatable bonds is 11. The predicted molar refractivity (Wildman–Crippen MR) is 137 cm³/mol. The van der Waals surface area contributed by atoms with Gasteiger partial charge in [0, 0.05) is 6.54 Å². The summed E-state index contributed by atoms with van der Waals surface area (Å²) >= 11 is 0. The maximum Gasteiger partial charge on any atom is 0.417 e. The summed E-state index contributed by atoms with van der Waals surface area (Å²) in [6.45, 7) is 9.56. The van der Waals surface area contributed by atoms with Crippen LogP contribution in [0.4, 0.5) is 26.3 Å². The largest absolute Gasteiger partial charge is 0.490 e. The number of halogens is 6. The van der Waals surface area contributed by atoms with Crippen LogP contribution in [0, 0.1) is 11.3 Å². The molecule has 2 N–H and O–H groups in total. The molecule has 2 rings (SSSR count). The third kappa shape index (κ3) is 11.6. The van der Waals surface area contributed by atoms with E-state index < -0.39 is 35.1 Å². The molecule has 0 fully saturated rings. The van der Waals surface area contributed by atoms with Gasteiger partial charge < -0.3 is 15.2 Å². The highest BCUT2D eigenvalue weighted by atomic mass is 19.4. The molecule has 2 aromatic rings. The first-order chi connectivity index (χ1) is 18.0. The van der Waals surface area contributed by atoms with Gasteiger partial charge in [-0.3, -0.25) is 0 Å². The van der Waals surface area contributed by atoms with Crippen LogP contribution in [-0.4, -0.2) is 12.7 Å². The molecular formula is C28H38F6N2O2. The molecule has 0 aliphatic heterocycles. The Labute approximate surface area is 221 Å². The van der Waals surface area contributed by atoms with Crippen LogP contribution in [0.15, 0.2) is 36.4 Å². The number of nitriles is 1. The van der Waals surface area contributed by atoms with E-state index in [2.05, 4.69) is 0 Å². The van der Waals surface area contributed by atoms with Gasteiger partial charge in [0.05, 0.1) is 22.8 Å². The zero-order chi connectivity index (χ0) is 29.4. The van der Waals surface area contributed by atoms with Crippen molar-refractivity contribution in [2.45, 2.75) is 91.7 Å². The molecule has 0 radical (unpaired) electrons. The average molecular weight is 549 g/mol. The fourth-order valence-corrected chi connectivity index (χ4v) is 3.37. The monoisotopic (exact) mass is 548 g/mol. The Hall–Kier alpha value is -2.93. The summed E-state index contributed by atoms with van der Waals surface area (Å²) in [5.41, 5.74) is 2.75. The molecule has 38 heavy (non-hydrogen) atoms. The third-order valence-corrected chi connectivity index (χ3v) is 5.14. The quantitative estimate of drug-likeness (QED) is 0.225. The predicted octanol–water partition coefficient (Wildman–Crippen LogP) is 8.90. The Morgan fingerprint density at radius 2 is 1.42 bits per heavy atom. The van der Waals surface area contributed by atoms with Crippen molar-refractivity contribution in [2.75, 3.05) is 6.61 Å². The minimum atomic E-state index is -4.74. The Bertz CT molecular complexity index is 985. The van der Waals surface area contributed by atoms with Gasteiger partial charge in [0.2, 0.25) is 0 Å². The highest BCUT2D eigenvalue weighted by Gasteiger charge is 2.35. The normalized spacial score (nSPS) is 11.8. The Balaban J connectivity index is 0.00000326. The minimum absolute atomic E-state index is 0.0532. The van der Waals surface area contributed by atoms with Crippen LogP contribution in [0.2, 0.25) is 0 Å². The highest BCUT2D eigenvalue weighted by molar-refractivity contribution is 5.44. The number of hydrogen-bond acceptors (Lipinski definition) is 4. The van der Waals surface area contributed by atoms with E-state index in [0.29, 0.717) is 12.8 Å². The summed E-state index contributed by atoms with van der Waals surface area (Å²) < 4.78 is 90.9. The first-order valence-electron chi connectivity index (χ1n) is 12.8. The highest BCUT2D eigenvalue weighted by Crippen LogP contribution is 2.36. The molecule has 0 amide bonds. The Morgan fingerprint density at radius 3 is 1.95 bits per heavy atom. The average Bonchev–Trinajstić information content (AvgIpc) is 2.90. The standard InChI is InChI=1S/C24H26F6N2O2.2C2H6/c1-2-3-4-5-6-20(34-19-10-8-17(14-32)22(12-19)24(28,29)30)15-33-18-9-7-16(13-31)21(11-18)23(25,26)27;2*1-2/h7-12,20H,2-6,13,15,31H2,1H3;2*1-2H3. The molecule has 0 bridgehead atoms. The van der Waals surface area contributed by atoms with Gasteiger partial charge >= 0.3 is 12.4 Å². The fourth-order valence-electron chi connectivity index (χ4n) is 3.37. The van der Waals surface area contributed by atoms with Crippen molar-refractivity contribution in [3.05, 3.63) is 58.7 Å². The molecule has 2 aromatic carbocycles. The molecular weight excluding hydrogens is 510 g/mol. The molecule has 0 spiro atoms. The van der Waals surface area contributed by atoms with E-state index >= 15 is 0 Å². The van der Waals surface area contributed by atoms with E-state index in [9.17, 15) is 26.3 Å². The van der Waals surface area contributed by atoms with Crippen molar-refractivity contribution in [3.63, 3.8) is 0 Å². The first-order valence-corrected chi connectivity index (χ1v) is 12.8. The molecule has 0 saturated heterocycles. The number of benzene rings is 2. The van der Waals surface area contributed by atoms with Crippen molar-refractivity contribution < 1.29 is 35.8 Å². The van der Waals surface area contributed by atoms with Crippen molar-refractivity contribution >= 4 is 0 Å². The van der Waals surface area contributed by atoms with Crippen molar-refractivity contribution in [2.24, 2.45) is 5.73 Å². The third-order valence-electron chi connectivity index (χ3n) is 5.14.